The van der Waals surface area contributed by atoms with Crippen molar-refractivity contribution in [3.63, 3.8) is 0 Å². The molecule has 3 N–H and O–H groups in total. The lowest BCUT2D eigenvalue weighted by Crippen LogP contribution is -2.52. The lowest BCUT2D eigenvalue weighted by Gasteiger charge is -2.27. The second kappa shape index (κ2) is 8.22. The van der Waals surface area contributed by atoms with E-state index in [1.165, 1.54) is 25.7 Å². The van der Waals surface area contributed by atoms with Crippen LogP contribution >= 0.6 is 0 Å². The maximum Gasteiger partial charge on any atom is 0.220 e. The Bertz CT molecular complexity index is 355. The Morgan fingerprint density at radius 3 is 2.76 bits per heavy atom. The zero-order valence-electron chi connectivity index (χ0n) is 13.3. The molecule has 1 unspecified atom stereocenters. The van der Waals surface area contributed by atoms with Gasteiger partial charge in [0.15, 0.2) is 5.96 Å². The predicted octanol–water partition coefficient (Wildman–Crippen LogP) is 0.304. The lowest BCUT2D eigenvalue weighted by atomic mass is 10.1. The third-order valence-corrected chi connectivity index (χ3v) is 4.53. The Balaban J connectivity index is 1.64. The van der Waals surface area contributed by atoms with Crippen LogP contribution in [-0.2, 0) is 4.79 Å². The average molecular weight is 295 g/mol. The molecule has 0 bridgehead atoms. The van der Waals surface area contributed by atoms with Crippen molar-refractivity contribution in [2.45, 2.75) is 50.6 Å². The quantitative estimate of drug-likeness (QED) is 0.504. The first-order valence-electron chi connectivity index (χ1n) is 8.13. The van der Waals surface area contributed by atoms with Gasteiger partial charge in [-0.2, -0.15) is 0 Å². The van der Waals surface area contributed by atoms with Gasteiger partial charge in [0.05, 0.1) is 0 Å². The van der Waals surface area contributed by atoms with E-state index in [0.717, 1.165) is 31.5 Å². The SMILES string of the molecule is CN=C(NCCN(C)C1CCCC1)NC1CCC(=O)NC1. The fraction of sp³-hybridized carbons (Fsp3) is 0.867. The first kappa shape index (κ1) is 16.1. The lowest BCUT2D eigenvalue weighted by molar-refractivity contribution is -0.122. The maximum absolute atomic E-state index is 11.1. The molecule has 2 fully saturated rings. The summed E-state index contributed by atoms with van der Waals surface area (Å²) in [4.78, 5) is 17.9. The van der Waals surface area contributed by atoms with Gasteiger partial charge in [-0.3, -0.25) is 9.79 Å². The Morgan fingerprint density at radius 1 is 1.38 bits per heavy atom. The number of likely N-dealkylation sites (N-methyl/N-ethyl adjacent to an activating group) is 1. The van der Waals surface area contributed by atoms with Crippen LogP contribution in [0.4, 0.5) is 0 Å². The molecule has 120 valence electrons. The number of nitrogens with zero attached hydrogens (tertiary/aromatic N) is 2. The summed E-state index contributed by atoms with van der Waals surface area (Å²) in [6.07, 6.45) is 6.89. The molecule has 0 radical (unpaired) electrons. The number of rotatable bonds is 5. The van der Waals surface area contributed by atoms with Gasteiger partial charge < -0.3 is 20.9 Å². The van der Waals surface area contributed by atoms with E-state index in [-0.39, 0.29) is 11.9 Å². The molecule has 21 heavy (non-hydrogen) atoms. The van der Waals surface area contributed by atoms with Crippen molar-refractivity contribution in [1.82, 2.24) is 20.9 Å². The standard InChI is InChI=1S/C15H29N5O/c1-16-15(19-12-7-8-14(21)18-11-12)17-9-10-20(2)13-5-3-4-6-13/h12-13H,3-11H2,1-2H3,(H,18,21)(H2,16,17,19). The summed E-state index contributed by atoms with van der Waals surface area (Å²) >= 11 is 0. The van der Waals surface area contributed by atoms with Crippen LogP contribution in [-0.4, -0.2) is 62.6 Å². The van der Waals surface area contributed by atoms with Gasteiger partial charge in [-0.25, -0.2) is 0 Å². The van der Waals surface area contributed by atoms with E-state index in [0.29, 0.717) is 13.0 Å². The minimum absolute atomic E-state index is 0.147. The van der Waals surface area contributed by atoms with E-state index in [9.17, 15) is 4.79 Å². The van der Waals surface area contributed by atoms with Gasteiger partial charge in [-0.05, 0) is 26.3 Å². The van der Waals surface area contributed by atoms with Gasteiger partial charge in [-0.15, -0.1) is 0 Å². The molecular weight excluding hydrogens is 266 g/mol. The van der Waals surface area contributed by atoms with Gasteiger partial charge in [0.1, 0.15) is 0 Å². The fourth-order valence-electron chi connectivity index (χ4n) is 3.12. The van der Waals surface area contributed by atoms with E-state index in [1.54, 1.807) is 7.05 Å². The topological polar surface area (TPSA) is 68.8 Å². The molecule has 0 aromatic heterocycles. The summed E-state index contributed by atoms with van der Waals surface area (Å²) in [5.74, 6) is 0.977. The second-order valence-electron chi connectivity index (χ2n) is 6.10. The molecule has 1 atom stereocenters. The summed E-state index contributed by atoms with van der Waals surface area (Å²) in [6, 6.07) is 1.04. The van der Waals surface area contributed by atoms with E-state index < -0.39 is 0 Å². The molecule has 1 saturated heterocycles. The smallest absolute Gasteiger partial charge is 0.220 e. The van der Waals surface area contributed by atoms with Crippen molar-refractivity contribution in [3.8, 4) is 0 Å². The van der Waals surface area contributed by atoms with Crippen molar-refractivity contribution in [2.24, 2.45) is 4.99 Å². The Kier molecular flexibility index (Phi) is 6.29. The Hall–Kier alpha value is -1.30. The molecule has 0 spiro atoms. The largest absolute Gasteiger partial charge is 0.355 e. The van der Waals surface area contributed by atoms with Crippen molar-refractivity contribution in [1.29, 1.82) is 0 Å². The number of piperidine rings is 1. The summed E-state index contributed by atoms with van der Waals surface area (Å²) in [7, 11) is 4.00. The van der Waals surface area contributed by atoms with Gasteiger partial charge in [0, 0.05) is 45.2 Å². The number of carbonyl (C=O) groups excluding carboxylic acids is 1. The van der Waals surface area contributed by atoms with Gasteiger partial charge in [-0.1, -0.05) is 12.8 Å². The van der Waals surface area contributed by atoms with Crippen LogP contribution in [0, 0.1) is 0 Å². The molecule has 1 aliphatic carbocycles. The highest BCUT2D eigenvalue weighted by Gasteiger charge is 2.20. The van der Waals surface area contributed by atoms with Gasteiger partial charge in [0.2, 0.25) is 5.91 Å². The summed E-state index contributed by atoms with van der Waals surface area (Å²) in [5, 5.41) is 9.62. The number of guanidine groups is 1. The highest BCUT2D eigenvalue weighted by atomic mass is 16.1. The van der Waals surface area contributed by atoms with E-state index in [2.05, 4.69) is 32.9 Å². The minimum atomic E-state index is 0.147. The fourth-order valence-corrected chi connectivity index (χ4v) is 3.12. The maximum atomic E-state index is 11.1. The van der Waals surface area contributed by atoms with Crippen molar-refractivity contribution < 1.29 is 4.79 Å². The molecule has 0 aromatic rings. The number of hydrogen-bond acceptors (Lipinski definition) is 3. The Morgan fingerprint density at radius 2 is 2.14 bits per heavy atom. The number of amides is 1. The predicted molar refractivity (Wildman–Crippen MR) is 85.4 cm³/mol. The third kappa shape index (κ3) is 5.19. The van der Waals surface area contributed by atoms with E-state index in [4.69, 9.17) is 0 Å². The van der Waals surface area contributed by atoms with Crippen molar-refractivity contribution in [3.05, 3.63) is 0 Å². The zero-order chi connectivity index (χ0) is 15.1. The third-order valence-electron chi connectivity index (χ3n) is 4.53. The average Bonchev–Trinajstić information content (AvgIpc) is 3.02. The van der Waals surface area contributed by atoms with Crippen LogP contribution in [0.25, 0.3) is 0 Å². The first-order valence-corrected chi connectivity index (χ1v) is 8.13. The number of hydrogen-bond donors (Lipinski definition) is 3. The zero-order valence-corrected chi connectivity index (χ0v) is 13.3. The number of nitrogens with one attached hydrogen (secondary N) is 3. The van der Waals surface area contributed by atoms with Gasteiger partial charge in [0.25, 0.3) is 0 Å². The minimum Gasteiger partial charge on any atom is -0.355 e. The van der Waals surface area contributed by atoms with Crippen molar-refractivity contribution >= 4 is 11.9 Å². The summed E-state index contributed by atoms with van der Waals surface area (Å²) in [5.41, 5.74) is 0. The van der Waals surface area contributed by atoms with Gasteiger partial charge >= 0.3 is 0 Å². The molecule has 6 heteroatoms. The van der Waals surface area contributed by atoms with Crippen LogP contribution in [0.2, 0.25) is 0 Å². The van der Waals surface area contributed by atoms with Crippen molar-refractivity contribution in [2.75, 3.05) is 33.7 Å². The summed E-state index contributed by atoms with van der Waals surface area (Å²) in [6.45, 7) is 2.61. The molecule has 6 nitrogen and oxygen atoms in total. The molecule has 2 aliphatic rings. The van der Waals surface area contributed by atoms with Crippen LogP contribution in [0.3, 0.4) is 0 Å². The Labute approximate surface area is 127 Å². The van der Waals surface area contributed by atoms with Crippen LogP contribution in [0.15, 0.2) is 4.99 Å². The molecule has 0 aromatic carbocycles. The highest BCUT2D eigenvalue weighted by molar-refractivity contribution is 5.81. The molecule has 1 aliphatic heterocycles. The number of carbonyl (C=O) groups is 1. The van der Waals surface area contributed by atoms with E-state index in [1.807, 2.05) is 0 Å². The van der Waals surface area contributed by atoms with Crippen LogP contribution < -0.4 is 16.0 Å². The normalized spacial score (nSPS) is 24.2. The molecule has 1 heterocycles. The summed E-state index contributed by atoms with van der Waals surface area (Å²) < 4.78 is 0. The number of aliphatic imine (C=N–C) groups is 1. The molecule has 1 amide bonds. The van der Waals surface area contributed by atoms with E-state index >= 15 is 0 Å². The monoisotopic (exact) mass is 295 g/mol. The molecule has 2 rings (SSSR count). The molecular formula is C15H29N5O. The van der Waals surface area contributed by atoms with Crippen LogP contribution in [0.5, 0.6) is 0 Å². The highest BCUT2D eigenvalue weighted by Crippen LogP contribution is 2.21. The second-order valence-corrected chi connectivity index (χ2v) is 6.10. The molecule has 1 saturated carbocycles. The van der Waals surface area contributed by atoms with Crippen LogP contribution in [0.1, 0.15) is 38.5 Å². The first-order chi connectivity index (χ1) is 10.2.